The molecule has 3 aliphatic heterocycles. The van der Waals surface area contributed by atoms with Gasteiger partial charge in [-0.05, 0) is 60.7 Å². The minimum absolute atomic E-state index is 0.289. The fourth-order valence-corrected chi connectivity index (χ4v) is 5.54. The highest BCUT2D eigenvalue weighted by atomic mass is 35.5. The summed E-state index contributed by atoms with van der Waals surface area (Å²) in [7, 11) is 0. The Hall–Kier alpha value is -2.42. The van der Waals surface area contributed by atoms with Crippen molar-refractivity contribution in [3.8, 4) is 0 Å². The molecule has 0 radical (unpaired) electrons. The smallest absolute Gasteiger partial charge is 0.0693 e. The van der Waals surface area contributed by atoms with E-state index in [4.69, 9.17) is 16.6 Å². The van der Waals surface area contributed by atoms with Gasteiger partial charge in [-0.25, -0.2) is 0 Å². The lowest BCUT2D eigenvalue weighted by Crippen LogP contribution is -2.59. The number of rotatable bonds is 5. The van der Waals surface area contributed by atoms with Crippen LogP contribution in [0.3, 0.4) is 0 Å². The number of nitrogens with zero attached hydrogens (tertiary/aromatic N) is 2. The largest absolute Gasteiger partial charge is 0.297 e. The molecule has 0 N–H and O–H groups in total. The van der Waals surface area contributed by atoms with Crippen molar-refractivity contribution in [3.63, 3.8) is 0 Å². The number of hydrogen-bond donors (Lipinski definition) is 0. The van der Waals surface area contributed by atoms with Gasteiger partial charge in [-0.3, -0.25) is 9.89 Å². The van der Waals surface area contributed by atoms with Gasteiger partial charge in [0.25, 0.3) is 0 Å². The molecule has 3 heteroatoms. The summed E-state index contributed by atoms with van der Waals surface area (Å²) in [5, 5.41) is 0.760. The van der Waals surface area contributed by atoms with Crippen molar-refractivity contribution >= 4 is 17.8 Å². The van der Waals surface area contributed by atoms with Gasteiger partial charge in [-0.15, -0.1) is 0 Å². The number of benzene rings is 3. The summed E-state index contributed by atoms with van der Waals surface area (Å²) in [6.45, 7) is 2.35. The molecule has 2 nitrogen and oxygen atoms in total. The van der Waals surface area contributed by atoms with E-state index < -0.39 is 0 Å². The molecule has 30 heavy (non-hydrogen) atoms. The molecule has 2 atom stereocenters. The Morgan fingerprint density at radius 2 is 1.47 bits per heavy atom. The van der Waals surface area contributed by atoms with Crippen molar-refractivity contribution < 1.29 is 0 Å². The molecule has 2 bridgehead atoms. The van der Waals surface area contributed by atoms with Crippen LogP contribution in [0.25, 0.3) is 0 Å². The molecule has 3 aromatic rings. The molecular weight excluding hydrogens is 388 g/mol. The molecular formula is C27H27ClN2. The van der Waals surface area contributed by atoms with E-state index >= 15 is 0 Å². The van der Waals surface area contributed by atoms with Crippen LogP contribution in [0.1, 0.15) is 35.4 Å². The summed E-state index contributed by atoms with van der Waals surface area (Å²) in [5.41, 5.74) is 3.84. The van der Waals surface area contributed by atoms with Crippen molar-refractivity contribution in [1.82, 2.24) is 4.90 Å². The SMILES string of the molecule is Clc1cccc(C=NC2C3CCN(CC3)C2C(c2ccccc2)c2ccccc2)c1. The lowest BCUT2D eigenvalue weighted by molar-refractivity contribution is 0.0215. The Morgan fingerprint density at radius 1 is 0.833 bits per heavy atom. The number of halogens is 1. The van der Waals surface area contributed by atoms with Crippen LogP contribution < -0.4 is 0 Å². The molecule has 0 spiro atoms. The molecule has 3 saturated heterocycles. The van der Waals surface area contributed by atoms with Crippen LogP contribution in [0.4, 0.5) is 0 Å². The average molecular weight is 415 g/mol. The topological polar surface area (TPSA) is 15.6 Å². The van der Waals surface area contributed by atoms with E-state index in [0.29, 0.717) is 17.9 Å². The van der Waals surface area contributed by atoms with E-state index in [1.807, 2.05) is 24.4 Å². The first-order valence-corrected chi connectivity index (χ1v) is 11.3. The van der Waals surface area contributed by atoms with Crippen LogP contribution in [-0.4, -0.2) is 36.3 Å². The zero-order chi connectivity index (χ0) is 20.3. The summed E-state index contributed by atoms with van der Waals surface area (Å²) in [5.74, 6) is 0.961. The third-order valence-electron chi connectivity index (χ3n) is 6.73. The Kier molecular flexibility index (Phi) is 5.70. The summed E-state index contributed by atoms with van der Waals surface area (Å²) in [6, 6.07) is 30.6. The van der Waals surface area contributed by atoms with Crippen LogP contribution in [0.5, 0.6) is 0 Å². The molecule has 0 aliphatic carbocycles. The van der Waals surface area contributed by atoms with Gasteiger partial charge >= 0.3 is 0 Å². The molecule has 3 heterocycles. The maximum atomic E-state index is 6.20. The minimum Gasteiger partial charge on any atom is -0.297 e. The molecule has 0 saturated carbocycles. The second-order valence-corrected chi connectivity index (χ2v) is 8.92. The number of piperidine rings is 3. The first-order valence-electron chi connectivity index (χ1n) is 10.9. The van der Waals surface area contributed by atoms with E-state index in [0.717, 1.165) is 10.6 Å². The summed E-state index contributed by atoms with van der Waals surface area (Å²) in [6.07, 6.45) is 4.52. The normalized spacial score (nSPS) is 25.8. The fraction of sp³-hybridized carbons (Fsp3) is 0.296. The van der Waals surface area contributed by atoms with E-state index in [9.17, 15) is 0 Å². The Labute approximate surface area is 184 Å². The van der Waals surface area contributed by atoms with Gasteiger partial charge in [0.2, 0.25) is 0 Å². The fourth-order valence-electron chi connectivity index (χ4n) is 5.34. The highest BCUT2D eigenvalue weighted by Gasteiger charge is 2.46. The van der Waals surface area contributed by atoms with Gasteiger partial charge in [0, 0.05) is 23.2 Å². The number of fused-ring (bicyclic) bond motifs is 3. The van der Waals surface area contributed by atoms with Crippen molar-refractivity contribution in [2.45, 2.75) is 30.8 Å². The van der Waals surface area contributed by atoms with E-state index in [2.05, 4.69) is 71.6 Å². The Balaban J connectivity index is 1.55. The van der Waals surface area contributed by atoms with Gasteiger partial charge in [0.15, 0.2) is 0 Å². The predicted octanol–water partition coefficient (Wildman–Crippen LogP) is 6.05. The van der Waals surface area contributed by atoms with Crippen molar-refractivity contribution in [2.24, 2.45) is 10.9 Å². The molecule has 0 aromatic heterocycles. The Morgan fingerprint density at radius 3 is 2.07 bits per heavy atom. The number of aliphatic imine (C=N–C) groups is 1. The molecule has 3 fully saturated rings. The van der Waals surface area contributed by atoms with Gasteiger partial charge in [-0.2, -0.15) is 0 Å². The summed E-state index contributed by atoms with van der Waals surface area (Å²) >= 11 is 6.20. The zero-order valence-corrected chi connectivity index (χ0v) is 17.8. The monoisotopic (exact) mass is 414 g/mol. The van der Waals surface area contributed by atoms with Crippen LogP contribution >= 0.6 is 11.6 Å². The molecule has 6 rings (SSSR count). The standard InChI is InChI=1S/C27H27ClN2/c28-24-13-7-8-20(18-24)19-29-26-23-14-16-30(17-15-23)27(26)25(21-9-3-1-4-10-21)22-11-5-2-6-12-22/h1-13,18-19,23,25-27H,14-17H2. The second-order valence-electron chi connectivity index (χ2n) is 8.49. The highest BCUT2D eigenvalue weighted by molar-refractivity contribution is 6.30. The second kappa shape index (κ2) is 8.75. The Bertz CT molecular complexity index is 954. The molecule has 3 aromatic carbocycles. The van der Waals surface area contributed by atoms with Crippen molar-refractivity contribution in [1.29, 1.82) is 0 Å². The number of hydrogen-bond acceptors (Lipinski definition) is 2. The van der Waals surface area contributed by atoms with Gasteiger partial charge < -0.3 is 0 Å². The molecule has 0 amide bonds. The lowest BCUT2D eigenvalue weighted by Gasteiger charge is -2.52. The third-order valence-corrected chi connectivity index (χ3v) is 6.97. The highest BCUT2D eigenvalue weighted by Crippen LogP contribution is 2.43. The predicted molar refractivity (Wildman–Crippen MR) is 126 cm³/mol. The molecule has 3 aliphatic rings. The lowest BCUT2D eigenvalue weighted by atomic mass is 9.71. The maximum Gasteiger partial charge on any atom is 0.0693 e. The van der Waals surface area contributed by atoms with Crippen molar-refractivity contribution in [3.05, 3.63) is 107 Å². The van der Waals surface area contributed by atoms with Crippen LogP contribution in [-0.2, 0) is 0 Å². The first-order chi connectivity index (χ1) is 14.8. The van der Waals surface area contributed by atoms with Crippen LogP contribution in [0, 0.1) is 5.92 Å². The van der Waals surface area contributed by atoms with Gasteiger partial charge in [0.1, 0.15) is 0 Å². The van der Waals surface area contributed by atoms with Crippen LogP contribution in [0.15, 0.2) is 89.9 Å². The quantitative estimate of drug-likeness (QED) is 0.464. The van der Waals surface area contributed by atoms with Crippen molar-refractivity contribution in [2.75, 3.05) is 13.1 Å². The first kappa shape index (κ1) is 19.5. The van der Waals surface area contributed by atoms with E-state index in [-0.39, 0.29) is 6.04 Å². The third kappa shape index (κ3) is 3.95. The van der Waals surface area contributed by atoms with E-state index in [1.165, 1.54) is 37.1 Å². The summed E-state index contributed by atoms with van der Waals surface area (Å²) < 4.78 is 0. The summed E-state index contributed by atoms with van der Waals surface area (Å²) in [4.78, 5) is 7.89. The maximum absolute atomic E-state index is 6.20. The minimum atomic E-state index is 0.289. The van der Waals surface area contributed by atoms with Gasteiger partial charge in [-0.1, -0.05) is 84.4 Å². The zero-order valence-electron chi connectivity index (χ0n) is 17.1. The average Bonchev–Trinajstić information content (AvgIpc) is 2.81. The van der Waals surface area contributed by atoms with Crippen LogP contribution in [0.2, 0.25) is 5.02 Å². The molecule has 152 valence electrons. The molecule has 2 unspecified atom stereocenters. The van der Waals surface area contributed by atoms with E-state index in [1.54, 1.807) is 0 Å². The van der Waals surface area contributed by atoms with Gasteiger partial charge in [0.05, 0.1) is 6.04 Å².